The van der Waals surface area contributed by atoms with Gasteiger partial charge in [-0.2, -0.15) is 0 Å². The Bertz CT molecular complexity index is 3300. The number of ether oxygens (including phenoxy) is 1. The third-order valence-electron chi connectivity index (χ3n) is 18.7. The van der Waals surface area contributed by atoms with Crippen LogP contribution < -0.4 is 47.9 Å². The summed E-state index contributed by atoms with van der Waals surface area (Å²) in [5, 5.41) is 26.7. The number of aryl methyl sites for hydroxylation is 2. The van der Waals surface area contributed by atoms with E-state index in [1.807, 2.05) is 139 Å². The third kappa shape index (κ3) is 15.2. The Balaban J connectivity index is 0.982. The van der Waals surface area contributed by atoms with Crippen LogP contribution in [0.5, 0.6) is 0 Å². The Morgan fingerprint density at radius 1 is 0.522 bits per heavy atom. The van der Waals surface area contributed by atoms with E-state index in [0.29, 0.717) is 12.8 Å². The van der Waals surface area contributed by atoms with E-state index in [4.69, 9.17) is 4.74 Å². The Morgan fingerprint density at radius 2 is 0.933 bits per heavy atom. The molecule has 0 unspecified atom stereocenters. The maximum absolute atomic E-state index is 15.1. The van der Waals surface area contributed by atoms with Crippen LogP contribution in [0.1, 0.15) is 152 Å². The number of likely N-dealkylation sites (tertiary alicyclic amines) is 2. The molecular formula is C69H91N11O10. The number of carbonyl (C=O) groups excluding carboxylic acids is 9. The molecule has 9 rings (SSSR count). The molecule has 0 bridgehead atoms. The van der Waals surface area contributed by atoms with E-state index in [2.05, 4.69) is 47.9 Å². The van der Waals surface area contributed by atoms with Crippen molar-refractivity contribution in [2.45, 2.75) is 186 Å². The lowest BCUT2D eigenvalue weighted by Gasteiger charge is -2.36. The number of hydrogen-bond donors (Lipinski definition) is 9. The minimum absolute atomic E-state index is 0.0161. The Morgan fingerprint density at radius 3 is 1.37 bits per heavy atom. The zero-order valence-corrected chi connectivity index (χ0v) is 53.6. The Hall–Kier alpha value is -8.17. The van der Waals surface area contributed by atoms with Gasteiger partial charge in [0.05, 0.1) is 30.6 Å². The van der Waals surface area contributed by atoms with Crippen molar-refractivity contribution >= 4 is 53.4 Å². The highest BCUT2D eigenvalue weighted by atomic mass is 16.5. The Kier molecular flexibility index (Phi) is 20.9. The number of nitrogens with zero attached hydrogens (tertiary/aromatic N) is 2. The number of rotatable bonds is 20. The first-order chi connectivity index (χ1) is 42.8. The molecular weight excluding hydrogens is 1140 g/mol. The number of amides is 9. The molecule has 11 atom stereocenters. The van der Waals surface area contributed by atoms with Crippen molar-refractivity contribution in [3.05, 3.63) is 130 Å². The molecule has 2 saturated heterocycles. The first-order valence-electron chi connectivity index (χ1n) is 31.9. The first kappa shape index (κ1) is 66.3. The SMILES string of the molecule is CN[C@@H](C)C(=O)N[C@H](C(=O)N1C[C@@H](NC(=O)C[C@H](NC(=O)OCC2c3ccccc3-c3ccccc32)C(=O)N[C@H]2C[C@@H](C(=O)N[C@@H]3CCCc4ccccc43)N(C(=O)[C@@H](NC(=O)[C@H](C)NC)C(C)(C)C)C2)C[C@H]1C(=O)N[C@@H]1CCCc2ccccc21)C(C)(C)C. The van der Waals surface area contributed by atoms with E-state index in [1.165, 1.54) is 9.80 Å². The van der Waals surface area contributed by atoms with Crippen LogP contribution in [0.4, 0.5) is 4.79 Å². The van der Waals surface area contributed by atoms with Gasteiger partial charge < -0.3 is 62.4 Å². The van der Waals surface area contributed by atoms with Crippen molar-refractivity contribution in [3.8, 4) is 11.1 Å². The molecule has 0 spiro atoms. The monoisotopic (exact) mass is 1230 g/mol. The van der Waals surface area contributed by atoms with E-state index in [9.17, 15) is 33.6 Å². The summed E-state index contributed by atoms with van der Waals surface area (Å²) in [5.74, 6) is -4.61. The standard InChI is InChI=1S/C69H91N11O10/c1-39(70-9)60(82)77-58(68(3,4)5)65(87)79-36-43(33-55(79)63(85)74-52-31-19-23-41-21-11-13-25-45(41)52)72-57(81)35-54(76-67(89)90-38-51-49-29-17-15-27-47(49)48-28-16-18-30-50(48)51)62(84)73-44-34-56(64(86)75-53-32-20-24-42-22-12-14-26-46(42)53)80(37-44)66(88)59(69(6,7)8)78-61(83)40(2)71-10/h11-18,21-22,25-30,39-40,43-44,51-56,58-59,70-71H,19-20,23-24,31-38H2,1-10H3,(H,72,81)(H,73,84)(H,74,85)(H,75,86)(H,76,89)(H,77,82)(H,78,83)/t39-,40-,43-,44-,52+,53+,54-,55-,56-,58+,59+/m0/s1. The van der Waals surface area contributed by atoms with Gasteiger partial charge in [0.2, 0.25) is 47.3 Å². The molecule has 21 nitrogen and oxygen atoms in total. The van der Waals surface area contributed by atoms with Crippen LogP contribution in [-0.2, 0) is 55.9 Å². The molecule has 9 amide bonds. The third-order valence-corrected chi connectivity index (χ3v) is 18.7. The van der Waals surface area contributed by atoms with Gasteiger partial charge >= 0.3 is 6.09 Å². The van der Waals surface area contributed by atoms with Crippen LogP contribution in [-0.4, -0.2) is 151 Å². The summed E-state index contributed by atoms with van der Waals surface area (Å²) in [5.41, 5.74) is 6.49. The van der Waals surface area contributed by atoms with Gasteiger partial charge in [0.25, 0.3) is 0 Å². The summed E-state index contributed by atoms with van der Waals surface area (Å²) in [4.78, 5) is 133. The summed E-state index contributed by atoms with van der Waals surface area (Å²) < 4.78 is 5.95. The molecule has 3 aliphatic carbocycles. The molecule has 482 valence electrons. The second kappa shape index (κ2) is 28.3. The lowest BCUT2D eigenvalue weighted by molar-refractivity contribution is -0.144. The minimum Gasteiger partial charge on any atom is -0.449 e. The van der Waals surface area contributed by atoms with Gasteiger partial charge in [0.1, 0.15) is 36.8 Å². The van der Waals surface area contributed by atoms with Crippen LogP contribution >= 0.6 is 0 Å². The summed E-state index contributed by atoms with van der Waals surface area (Å²) in [7, 11) is 3.27. The summed E-state index contributed by atoms with van der Waals surface area (Å²) in [6.45, 7) is 13.8. The van der Waals surface area contributed by atoms with E-state index >= 15 is 9.59 Å². The quantitative estimate of drug-likeness (QED) is 0.0558. The van der Waals surface area contributed by atoms with Crippen molar-refractivity contribution in [1.29, 1.82) is 0 Å². The van der Waals surface area contributed by atoms with Gasteiger partial charge in [-0.1, -0.05) is 139 Å². The van der Waals surface area contributed by atoms with Crippen molar-refractivity contribution < 1.29 is 47.9 Å². The molecule has 4 aromatic rings. The van der Waals surface area contributed by atoms with Crippen LogP contribution in [0.25, 0.3) is 11.1 Å². The molecule has 2 fully saturated rings. The van der Waals surface area contributed by atoms with Gasteiger partial charge in [0, 0.05) is 31.1 Å². The van der Waals surface area contributed by atoms with Gasteiger partial charge in [-0.15, -0.1) is 0 Å². The zero-order chi connectivity index (χ0) is 64.8. The van der Waals surface area contributed by atoms with Crippen LogP contribution in [0, 0.1) is 10.8 Å². The number of nitrogens with one attached hydrogen (secondary N) is 9. The normalized spacial score (nSPS) is 21.9. The summed E-state index contributed by atoms with van der Waals surface area (Å²) in [6.07, 6.45) is 3.04. The van der Waals surface area contributed by atoms with Crippen molar-refractivity contribution in [2.24, 2.45) is 10.8 Å². The molecule has 90 heavy (non-hydrogen) atoms. The maximum Gasteiger partial charge on any atom is 0.407 e. The van der Waals surface area contributed by atoms with E-state index in [0.717, 1.165) is 70.2 Å². The Labute approximate surface area is 528 Å². The highest BCUT2D eigenvalue weighted by molar-refractivity contribution is 5.97. The topological polar surface area (TPSA) is 278 Å². The van der Waals surface area contributed by atoms with Crippen molar-refractivity contribution in [1.82, 2.24) is 57.7 Å². The van der Waals surface area contributed by atoms with Gasteiger partial charge in [-0.3, -0.25) is 38.4 Å². The summed E-state index contributed by atoms with van der Waals surface area (Å²) >= 11 is 0. The van der Waals surface area contributed by atoms with Crippen molar-refractivity contribution in [2.75, 3.05) is 33.8 Å². The minimum atomic E-state index is -1.60. The van der Waals surface area contributed by atoms with Crippen LogP contribution in [0.3, 0.4) is 0 Å². The molecule has 2 aliphatic heterocycles. The predicted molar refractivity (Wildman–Crippen MR) is 341 cm³/mol. The second-order valence-electron chi connectivity index (χ2n) is 27.1. The molecule has 21 heteroatoms. The average molecular weight is 1230 g/mol. The number of carbonyl (C=O) groups is 9. The maximum atomic E-state index is 15.1. The molecule has 4 aromatic carbocycles. The molecule has 0 aromatic heterocycles. The second-order valence-corrected chi connectivity index (χ2v) is 27.1. The fraction of sp³-hybridized carbons (Fsp3) is 0.522. The fourth-order valence-corrected chi connectivity index (χ4v) is 13.4. The van der Waals surface area contributed by atoms with Crippen LogP contribution in [0.2, 0.25) is 0 Å². The van der Waals surface area contributed by atoms with Gasteiger partial charge in [-0.05, 0) is 135 Å². The van der Waals surface area contributed by atoms with Crippen molar-refractivity contribution in [3.63, 3.8) is 0 Å². The van der Waals surface area contributed by atoms with Crippen LogP contribution in [0.15, 0.2) is 97.1 Å². The highest BCUT2D eigenvalue weighted by Gasteiger charge is 2.49. The average Bonchev–Trinajstić information content (AvgIpc) is 1.63. The van der Waals surface area contributed by atoms with Gasteiger partial charge in [-0.25, -0.2) is 4.79 Å². The highest BCUT2D eigenvalue weighted by Crippen LogP contribution is 2.45. The lowest BCUT2D eigenvalue weighted by Crippen LogP contribution is -2.60. The number of hydrogen-bond acceptors (Lipinski definition) is 12. The first-order valence-corrected chi connectivity index (χ1v) is 31.9. The molecule has 5 aliphatic rings. The molecule has 0 saturated carbocycles. The fourth-order valence-electron chi connectivity index (χ4n) is 13.4. The summed E-state index contributed by atoms with van der Waals surface area (Å²) in [6, 6.07) is 21.9. The van der Waals surface area contributed by atoms with E-state index in [-0.39, 0.29) is 50.5 Å². The lowest BCUT2D eigenvalue weighted by atomic mass is 9.85. The molecule has 0 radical (unpaired) electrons. The number of likely N-dealkylation sites (N-methyl/N-ethyl adjacent to an activating group) is 2. The largest absolute Gasteiger partial charge is 0.449 e. The molecule has 2 heterocycles. The smallest absolute Gasteiger partial charge is 0.407 e. The van der Waals surface area contributed by atoms with E-state index < -0.39 is 125 Å². The van der Waals surface area contributed by atoms with Gasteiger partial charge in [0.15, 0.2) is 0 Å². The zero-order valence-electron chi connectivity index (χ0n) is 53.6. The molecule has 9 N–H and O–H groups in total. The number of benzene rings is 4. The predicted octanol–water partition coefficient (Wildman–Crippen LogP) is 5.12. The van der Waals surface area contributed by atoms with E-state index in [1.54, 1.807) is 27.9 Å². The number of alkyl carbamates (subject to hydrolysis) is 1. The number of fused-ring (bicyclic) bond motifs is 5.